The Labute approximate surface area is 104 Å². The number of nitro groups is 1. The zero-order chi connectivity index (χ0) is 10.8. The minimum absolute atomic E-state index is 0.0819. The van der Waals surface area contributed by atoms with Gasteiger partial charge in [-0.2, -0.15) is 0 Å². The number of aromatic nitrogens is 1. The smallest absolute Gasteiger partial charge is 0.261 e. The van der Waals surface area contributed by atoms with E-state index in [4.69, 9.17) is 2.51 Å². The molecular formula is C8H5IN2O3S. The largest absolute Gasteiger partial charge is 0.294 e. The van der Waals surface area contributed by atoms with Gasteiger partial charge in [0.15, 0.2) is 0 Å². The second kappa shape index (κ2) is 4.37. The van der Waals surface area contributed by atoms with Crippen molar-refractivity contribution in [3.05, 3.63) is 40.6 Å². The van der Waals surface area contributed by atoms with Crippen molar-refractivity contribution >= 4 is 51.8 Å². The van der Waals surface area contributed by atoms with Gasteiger partial charge in [0, 0.05) is 17.6 Å². The summed E-state index contributed by atoms with van der Waals surface area (Å²) in [5.74, 6) is 0. The zero-order valence-corrected chi connectivity index (χ0v) is 10.3. The van der Waals surface area contributed by atoms with Crippen LogP contribution in [0.5, 0.6) is 0 Å². The molecule has 1 aromatic heterocycles. The maximum absolute atomic E-state index is 10.8. The summed E-state index contributed by atoms with van der Waals surface area (Å²) in [5, 5.41) is 11.6. The molecule has 0 amide bonds. The number of rotatable bonds is 3. The molecule has 1 heterocycles. The number of para-hydroxylation sites is 1. The zero-order valence-electron chi connectivity index (χ0n) is 7.29. The Bertz CT molecular complexity index is 514. The molecule has 0 unspecified atom stereocenters. The van der Waals surface area contributed by atoms with E-state index in [-0.39, 0.29) is 5.69 Å². The molecule has 0 aliphatic rings. The van der Waals surface area contributed by atoms with E-state index in [9.17, 15) is 10.1 Å². The molecule has 0 saturated carbocycles. The Morgan fingerprint density at radius 3 is 2.93 bits per heavy atom. The van der Waals surface area contributed by atoms with E-state index in [0.29, 0.717) is 5.52 Å². The van der Waals surface area contributed by atoms with Gasteiger partial charge in [0.25, 0.3) is 5.69 Å². The van der Waals surface area contributed by atoms with Crippen LogP contribution in [0.4, 0.5) is 5.69 Å². The third-order valence-electron chi connectivity index (χ3n) is 1.96. The molecule has 0 aliphatic carbocycles. The molecule has 0 fully saturated rings. The molecule has 2 aromatic rings. The Morgan fingerprint density at radius 2 is 2.27 bits per heavy atom. The van der Waals surface area contributed by atoms with Crippen LogP contribution in [-0.4, -0.2) is 8.90 Å². The summed E-state index contributed by atoms with van der Waals surface area (Å²) in [6.45, 7) is 0. The first-order valence-corrected chi connectivity index (χ1v) is 5.52. The highest BCUT2D eigenvalue weighted by molar-refractivity contribution is 14.1. The van der Waals surface area contributed by atoms with E-state index < -0.39 is 4.92 Å². The highest BCUT2D eigenvalue weighted by Gasteiger charge is 2.15. The number of nitrogens with zero attached hydrogens (tertiary/aromatic N) is 2. The van der Waals surface area contributed by atoms with Gasteiger partial charge in [-0.1, -0.05) is 12.1 Å². The molecular weight excluding hydrogens is 331 g/mol. The van der Waals surface area contributed by atoms with Gasteiger partial charge in [-0.3, -0.25) is 14.1 Å². The molecule has 2 rings (SSSR count). The van der Waals surface area contributed by atoms with Gasteiger partial charge >= 0.3 is 0 Å². The average Bonchev–Trinajstić information content (AvgIpc) is 2.62. The molecule has 0 spiro atoms. The topological polar surface area (TPSA) is 57.3 Å². The molecule has 0 N–H and O–H groups in total. The Balaban J connectivity index is 2.69. The van der Waals surface area contributed by atoms with Gasteiger partial charge < -0.3 is 0 Å². The molecule has 5 nitrogen and oxygen atoms in total. The first-order valence-electron chi connectivity index (χ1n) is 3.94. The van der Waals surface area contributed by atoms with Crippen LogP contribution in [0.2, 0.25) is 0 Å². The minimum Gasteiger partial charge on any atom is -0.261 e. The Kier molecular flexibility index (Phi) is 3.12. The SMILES string of the molecule is O=[N+]([O-])c1cccc2ccn(SOI)c12. The minimum atomic E-state index is -0.396. The van der Waals surface area contributed by atoms with Crippen molar-refractivity contribution < 1.29 is 7.44 Å². The number of fused-ring (bicyclic) bond motifs is 1. The van der Waals surface area contributed by atoms with Gasteiger partial charge in [0.1, 0.15) is 40.8 Å². The standard InChI is InChI=1S/C8H5IN2O3S/c9-14-15-10-5-4-6-2-1-3-7(8(6)10)11(12)13/h1-5H. The fourth-order valence-electron chi connectivity index (χ4n) is 1.39. The lowest BCUT2D eigenvalue weighted by Gasteiger charge is -2.00. The first kappa shape index (κ1) is 10.7. The molecule has 0 atom stereocenters. The fraction of sp³-hybridized carbons (Fsp3) is 0. The summed E-state index contributed by atoms with van der Waals surface area (Å²) in [6.07, 6.45) is 1.74. The van der Waals surface area contributed by atoms with Crippen molar-refractivity contribution in [2.45, 2.75) is 0 Å². The van der Waals surface area contributed by atoms with Crippen molar-refractivity contribution in [1.82, 2.24) is 3.97 Å². The van der Waals surface area contributed by atoms with Crippen LogP contribution >= 0.6 is 35.2 Å². The van der Waals surface area contributed by atoms with E-state index in [1.807, 2.05) is 12.1 Å². The quantitative estimate of drug-likeness (QED) is 0.373. The van der Waals surface area contributed by atoms with Crippen LogP contribution in [0.1, 0.15) is 0 Å². The van der Waals surface area contributed by atoms with E-state index >= 15 is 0 Å². The van der Waals surface area contributed by atoms with Crippen molar-refractivity contribution in [3.8, 4) is 0 Å². The van der Waals surface area contributed by atoms with E-state index in [1.54, 1.807) is 39.2 Å². The third-order valence-corrected chi connectivity index (χ3v) is 2.96. The van der Waals surface area contributed by atoms with Crippen LogP contribution in [0.3, 0.4) is 0 Å². The van der Waals surface area contributed by atoms with Gasteiger partial charge in [-0.05, 0) is 6.07 Å². The normalized spacial score (nSPS) is 10.7. The number of nitro benzene ring substituents is 1. The van der Waals surface area contributed by atoms with Gasteiger partial charge in [0.2, 0.25) is 0 Å². The predicted molar refractivity (Wildman–Crippen MR) is 66.7 cm³/mol. The summed E-state index contributed by atoms with van der Waals surface area (Å²) in [4.78, 5) is 10.4. The molecule has 7 heteroatoms. The maximum atomic E-state index is 10.8. The van der Waals surface area contributed by atoms with E-state index in [2.05, 4.69) is 0 Å². The molecule has 15 heavy (non-hydrogen) atoms. The van der Waals surface area contributed by atoms with Crippen molar-refractivity contribution in [1.29, 1.82) is 0 Å². The summed E-state index contributed by atoms with van der Waals surface area (Å²) in [6, 6.07) is 6.78. The van der Waals surface area contributed by atoms with Crippen molar-refractivity contribution in [3.63, 3.8) is 0 Å². The van der Waals surface area contributed by atoms with Crippen LogP contribution < -0.4 is 0 Å². The van der Waals surface area contributed by atoms with Crippen LogP contribution in [-0.2, 0) is 2.51 Å². The predicted octanol–water partition coefficient (Wildman–Crippen LogP) is 3.33. The van der Waals surface area contributed by atoms with E-state index in [0.717, 1.165) is 17.6 Å². The average molecular weight is 336 g/mol. The highest BCUT2D eigenvalue weighted by Crippen LogP contribution is 2.30. The summed E-state index contributed by atoms with van der Waals surface area (Å²) in [7, 11) is 0. The second-order valence-electron chi connectivity index (χ2n) is 2.75. The Morgan fingerprint density at radius 1 is 1.47 bits per heavy atom. The number of hydrogen-bond acceptors (Lipinski definition) is 4. The number of hydrogen-bond donors (Lipinski definition) is 0. The summed E-state index contributed by atoms with van der Waals surface area (Å²) < 4.78 is 6.48. The monoisotopic (exact) mass is 336 g/mol. The van der Waals surface area contributed by atoms with Gasteiger partial charge in [0.05, 0.1) is 4.92 Å². The second-order valence-corrected chi connectivity index (χ2v) is 4.50. The lowest BCUT2D eigenvalue weighted by molar-refractivity contribution is -0.383. The highest BCUT2D eigenvalue weighted by atomic mass is 127. The maximum Gasteiger partial charge on any atom is 0.294 e. The van der Waals surface area contributed by atoms with Gasteiger partial charge in [-0.15, -0.1) is 0 Å². The van der Waals surface area contributed by atoms with Crippen LogP contribution in [0.25, 0.3) is 10.9 Å². The van der Waals surface area contributed by atoms with E-state index in [1.165, 1.54) is 6.07 Å². The number of halogens is 1. The summed E-state index contributed by atoms with van der Waals surface area (Å²) >= 11 is 2.76. The van der Waals surface area contributed by atoms with Crippen molar-refractivity contribution in [2.75, 3.05) is 0 Å². The molecule has 0 bridgehead atoms. The number of non-ortho nitro benzene ring substituents is 1. The lowest BCUT2D eigenvalue weighted by atomic mass is 10.2. The van der Waals surface area contributed by atoms with Crippen LogP contribution in [0, 0.1) is 10.1 Å². The molecule has 0 saturated heterocycles. The number of benzene rings is 1. The summed E-state index contributed by atoms with van der Waals surface area (Å²) in [5.41, 5.74) is 0.641. The first-order chi connectivity index (χ1) is 7.24. The molecule has 0 aliphatic heterocycles. The fourth-order valence-corrected chi connectivity index (χ4v) is 2.35. The molecule has 0 radical (unpaired) electrons. The van der Waals surface area contributed by atoms with Crippen molar-refractivity contribution in [2.24, 2.45) is 0 Å². The van der Waals surface area contributed by atoms with Crippen LogP contribution in [0.15, 0.2) is 30.5 Å². The Hall–Kier alpha value is -0.800. The molecule has 78 valence electrons. The van der Waals surface area contributed by atoms with Gasteiger partial charge in [-0.25, -0.2) is 2.51 Å². The lowest BCUT2D eigenvalue weighted by Crippen LogP contribution is -1.92. The molecule has 1 aromatic carbocycles. The third kappa shape index (κ3) is 1.94.